The summed E-state index contributed by atoms with van der Waals surface area (Å²) in [4.78, 5) is 7.89. The lowest BCUT2D eigenvalue weighted by Crippen LogP contribution is -2.52. The lowest BCUT2D eigenvalue weighted by molar-refractivity contribution is 0.0405. The number of likely N-dealkylation sites (tertiary alicyclic amines) is 1. The molecule has 0 aromatic carbocycles. The van der Waals surface area contributed by atoms with Crippen LogP contribution in [0.2, 0.25) is 0 Å². The molecule has 2 atom stereocenters. The van der Waals surface area contributed by atoms with Crippen molar-refractivity contribution in [3.63, 3.8) is 0 Å². The van der Waals surface area contributed by atoms with E-state index < -0.39 is 0 Å². The molecule has 0 aliphatic carbocycles. The van der Waals surface area contributed by atoms with E-state index in [9.17, 15) is 0 Å². The molecule has 0 saturated carbocycles. The van der Waals surface area contributed by atoms with E-state index in [0.717, 1.165) is 31.7 Å². The molecule has 2 saturated heterocycles. The minimum absolute atomic E-state index is 0.245. The second-order valence-corrected chi connectivity index (χ2v) is 8.59. The molecule has 0 N–H and O–H groups in total. The van der Waals surface area contributed by atoms with E-state index in [-0.39, 0.29) is 5.41 Å². The fourth-order valence-corrected chi connectivity index (χ4v) is 4.61. The van der Waals surface area contributed by atoms with Crippen LogP contribution in [0.4, 0.5) is 0 Å². The standard InChI is InChI=1S/C22H43N3O/c1-6-20(4)25-11-9-21(10-12-25)22(5,7-2)19-24-15-13-23(14-16-24)17-18-26-8-3/h7,20-21H,2,6,8-19H2,1,3-5H3. The molecule has 2 fully saturated rings. The molecule has 152 valence electrons. The Bertz CT molecular complexity index is 400. The Morgan fingerprint density at radius 3 is 2.23 bits per heavy atom. The first kappa shape index (κ1) is 21.9. The molecule has 2 aliphatic heterocycles. The minimum Gasteiger partial charge on any atom is -0.380 e. The summed E-state index contributed by atoms with van der Waals surface area (Å²) in [5, 5.41) is 0. The van der Waals surface area contributed by atoms with E-state index in [1.54, 1.807) is 0 Å². The Balaban J connectivity index is 1.78. The van der Waals surface area contributed by atoms with Gasteiger partial charge in [0, 0.05) is 57.3 Å². The van der Waals surface area contributed by atoms with Gasteiger partial charge in [-0.15, -0.1) is 6.58 Å². The molecule has 26 heavy (non-hydrogen) atoms. The van der Waals surface area contributed by atoms with Gasteiger partial charge >= 0.3 is 0 Å². The molecule has 0 amide bonds. The van der Waals surface area contributed by atoms with Crippen LogP contribution in [0.15, 0.2) is 12.7 Å². The van der Waals surface area contributed by atoms with Gasteiger partial charge in [0.15, 0.2) is 0 Å². The number of hydrogen-bond acceptors (Lipinski definition) is 4. The van der Waals surface area contributed by atoms with Gasteiger partial charge in [-0.1, -0.05) is 19.9 Å². The fraction of sp³-hybridized carbons (Fsp3) is 0.909. The van der Waals surface area contributed by atoms with E-state index in [1.807, 2.05) is 0 Å². The van der Waals surface area contributed by atoms with Gasteiger partial charge in [0.2, 0.25) is 0 Å². The Morgan fingerprint density at radius 1 is 1.08 bits per heavy atom. The van der Waals surface area contributed by atoms with E-state index in [0.29, 0.717) is 0 Å². The summed E-state index contributed by atoms with van der Waals surface area (Å²) in [5.74, 6) is 0.774. The van der Waals surface area contributed by atoms with Gasteiger partial charge in [-0.2, -0.15) is 0 Å². The highest BCUT2D eigenvalue weighted by Crippen LogP contribution is 2.38. The topological polar surface area (TPSA) is 19.0 Å². The van der Waals surface area contributed by atoms with Crippen LogP contribution in [0, 0.1) is 11.3 Å². The van der Waals surface area contributed by atoms with E-state index in [1.165, 1.54) is 65.1 Å². The quantitative estimate of drug-likeness (QED) is 0.436. The molecular formula is C22H43N3O. The number of ether oxygens (including phenoxy) is 1. The van der Waals surface area contributed by atoms with Crippen molar-refractivity contribution in [2.24, 2.45) is 11.3 Å². The smallest absolute Gasteiger partial charge is 0.0593 e. The second-order valence-electron chi connectivity index (χ2n) is 8.59. The van der Waals surface area contributed by atoms with Crippen molar-refractivity contribution >= 4 is 0 Å². The number of piperazine rings is 1. The van der Waals surface area contributed by atoms with Gasteiger partial charge in [-0.25, -0.2) is 0 Å². The van der Waals surface area contributed by atoms with Gasteiger partial charge in [0.05, 0.1) is 6.61 Å². The molecular weight excluding hydrogens is 322 g/mol. The summed E-state index contributed by atoms with van der Waals surface area (Å²) in [6.07, 6.45) is 6.16. The van der Waals surface area contributed by atoms with Crippen LogP contribution in [-0.4, -0.2) is 86.3 Å². The van der Waals surface area contributed by atoms with Crippen LogP contribution in [0.5, 0.6) is 0 Å². The SMILES string of the molecule is C=CC(C)(CN1CCN(CCOCC)CC1)C1CCN(C(C)CC)CC1. The maximum Gasteiger partial charge on any atom is 0.0593 e. The Hall–Kier alpha value is -0.420. The normalized spacial score (nSPS) is 25.1. The molecule has 2 rings (SSSR count). The summed E-state index contributed by atoms with van der Waals surface area (Å²) in [6.45, 7) is 24.6. The average molecular weight is 366 g/mol. The third kappa shape index (κ3) is 6.05. The molecule has 0 aromatic heterocycles. The maximum absolute atomic E-state index is 5.50. The molecule has 2 heterocycles. The molecule has 0 bridgehead atoms. The maximum atomic E-state index is 5.50. The predicted octanol–water partition coefficient (Wildman–Crippen LogP) is 3.34. The van der Waals surface area contributed by atoms with Gasteiger partial charge in [-0.05, 0) is 52.1 Å². The molecule has 4 heteroatoms. The summed E-state index contributed by atoms with van der Waals surface area (Å²) in [7, 11) is 0. The first-order chi connectivity index (χ1) is 12.5. The molecule has 0 radical (unpaired) electrons. The summed E-state index contributed by atoms with van der Waals surface area (Å²) >= 11 is 0. The Morgan fingerprint density at radius 2 is 1.69 bits per heavy atom. The number of nitrogens with zero attached hydrogens (tertiary/aromatic N) is 3. The predicted molar refractivity (Wildman–Crippen MR) is 112 cm³/mol. The minimum atomic E-state index is 0.245. The van der Waals surface area contributed by atoms with Crippen molar-refractivity contribution in [2.75, 3.05) is 65.6 Å². The van der Waals surface area contributed by atoms with Crippen molar-refractivity contribution in [1.29, 1.82) is 0 Å². The first-order valence-electron chi connectivity index (χ1n) is 10.9. The monoisotopic (exact) mass is 365 g/mol. The van der Waals surface area contributed by atoms with Crippen LogP contribution >= 0.6 is 0 Å². The summed E-state index contributed by atoms with van der Waals surface area (Å²) in [6, 6.07) is 0.732. The van der Waals surface area contributed by atoms with Crippen molar-refractivity contribution in [2.45, 2.75) is 53.0 Å². The van der Waals surface area contributed by atoms with E-state index in [2.05, 4.69) is 55.0 Å². The fourth-order valence-electron chi connectivity index (χ4n) is 4.61. The number of piperidine rings is 1. The van der Waals surface area contributed by atoms with Crippen LogP contribution in [-0.2, 0) is 4.74 Å². The van der Waals surface area contributed by atoms with Gasteiger partial charge in [0.25, 0.3) is 0 Å². The van der Waals surface area contributed by atoms with Crippen molar-refractivity contribution < 1.29 is 4.74 Å². The van der Waals surface area contributed by atoms with Crippen LogP contribution < -0.4 is 0 Å². The van der Waals surface area contributed by atoms with Gasteiger partial charge < -0.3 is 9.64 Å². The molecule has 2 aliphatic rings. The number of hydrogen-bond donors (Lipinski definition) is 0. The van der Waals surface area contributed by atoms with E-state index in [4.69, 9.17) is 4.74 Å². The highest BCUT2D eigenvalue weighted by Gasteiger charge is 2.36. The second kappa shape index (κ2) is 10.8. The third-order valence-electron chi connectivity index (χ3n) is 6.93. The third-order valence-corrected chi connectivity index (χ3v) is 6.93. The zero-order valence-electron chi connectivity index (χ0n) is 17.9. The van der Waals surface area contributed by atoms with Crippen molar-refractivity contribution in [1.82, 2.24) is 14.7 Å². The average Bonchev–Trinajstić information content (AvgIpc) is 2.69. The van der Waals surface area contributed by atoms with Crippen molar-refractivity contribution in [3.05, 3.63) is 12.7 Å². The van der Waals surface area contributed by atoms with Crippen LogP contribution in [0.3, 0.4) is 0 Å². The number of rotatable bonds is 10. The highest BCUT2D eigenvalue weighted by atomic mass is 16.5. The van der Waals surface area contributed by atoms with Crippen LogP contribution in [0.1, 0.15) is 47.0 Å². The Kier molecular flexibility index (Phi) is 9.08. The highest BCUT2D eigenvalue weighted by molar-refractivity contribution is 5.00. The molecule has 4 nitrogen and oxygen atoms in total. The summed E-state index contributed by atoms with van der Waals surface area (Å²) < 4.78 is 5.50. The largest absolute Gasteiger partial charge is 0.380 e. The zero-order valence-corrected chi connectivity index (χ0v) is 17.9. The summed E-state index contributed by atoms with van der Waals surface area (Å²) in [5.41, 5.74) is 0.245. The van der Waals surface area contributed by atoms with Crippen LogP contribution in [0.25, 0.3) is 0 Å². The zero-order chi connectivity index (χ0) is 19.0. The van der Waals surface area contributed by atoms with Crippen molar-refractivity contribution in [3.8, 4) is 0 Å². The van der Waals surface area contributed by atoms with Gasteiger partial charge in [0.1, 0.15) is 0 Å². The first-order valence-corrected chi connectivity index (χ1v) is 10.9. The Labute approximate surface area is 162 Å². The molecule has 0 aromatic rings. The van der Waals surface area contributed by atoms with E-state index >= 15 is 0 Å². The lowest BCUT2D eigenvalue weighted by atomic mass is 9.71. The van der Waals surface area contributed by atoms with Gasteiger partial charge in [-0.3, -0.25) is 9.80 Å². The lowest BCUT2D eigenvalue weighted by Gasteiger charge is -2.46. The molecule has 2 unspecified atom stereocenters. The molecule has 0 spiro atoms.